The molecule has 2 unspecified atom stereocenters. The van der Waals surface area contributed by atoms with Crippen molar-refractivity contribution in [2.75, 3.05) is 65.4 Å². The van der Waals surface area contributed by atoms with Crippen LogP contribution in [0.2, 0.25) is 0 Å². The normalized spacial score (nSPS) is 17.1. The number of nitrogens with one attached hydrogen (secondary N) is 7. The minimum atomic E-state index is -4.67. The molecular weight excluding hydrogens is 1430 g/mol. The lowest BCUT2D eigenvalue weighted by Crippen LogP contribution is -2.51. The first-order chi connectivity index (χ1) is 47.7. The van der Waals surface area contributed by atoms with Crippen LogP contribution in [0.1, 0.15) is 120 Å². The second-order valence-corrected chi connectivity index (χ2v) is 28.2. The van der Waals surface area contributed by atoms with Gasteiger partial charge in [-0.25, -0.2) is 19.4 Å². The van der Waals surface area contributed by atoms with Gasteiger partial charge in [0.05, 0.1) is 12.2 Å². The Kier molecular flexibility index (Phi) is 33.5. The van der Waals surface area contributed by atoms with E-state index in [1.807, 2.05) is 71.6 Å². The number of unbranched alkanes of at least 4 members (excludes halogenated alkanes) is 2. The highest BCUT2D eigenvalue weighted by atomic mass is 127. The number of nitrogens with zero attached hydrogens (tertiary/aromatic N) is 4. The van der Waals surface area contributed by atoms with Gasteiger partial charge in [-0.3, -0.25) is 57.6 Å². The van der Waals surface area contributed by atoms with E-state index in [0.29, 0.717) is 70.2 Å². The van der Waals surface area contributed by atoms with Gasteiger partial charge in [0, 0.05) is 101 Å². The van der Waals surface area contributed by atoms with E-state index >= 15 is 0 Å². The molecule has 0 spiro atoms. The number of aliphatic carboxylic acids is 5. The Morgan fingerprint density at radius 2 is 1.15 bits per heavy atom. The van der Waals surface area contributed by atoms with Crippen molar-refractivity contribution in [3.8, 4) is 0 Å². The van der Waals surface area contributed by atoms with E-state index in [2.05, 4.69) is 64.8 Å². The smallest absolute Gasteiger partial charge is 0.374 e. The minimum Gasteiger partial charge on any atom is -0.481 e. The number of halogens is 1. The van der Waals surface area contributed by atoms with Crippen LogP contribution in [0, 0.1) is 15.4 Å². The molecule has 14 N–H and O–H groups in total. The molecule has 32 heteroatoms. The number of aromatic nitrogens is 1. The third-order valence-electron chi connectivity index (χ3n) is 17.8. The molecule has 5 atom stereocenters. The molecule has 0 bridgehead atoms. The van der Waals surface area contributed by atoms with Gasteiger partial charge in [-0.15, -0.1) is 0 Å². The molecule has 100 heavy (non-hydrogen) atoms. The number of carboxylic acids is 5. The van der Waals surface area contributed by atoms with Crippen LogP contribution in [0.15, 0.2) is 84.9 Å². The number of carboxylic acid groups (broad SMARTS) is 5. The molecule has 1 saturated carbocycles. The quantitative estimate of drug-likeness (QED) is 0.0173. The number of amides is 7. The number of urea groups is 1. The molecule has 1 aromatic heterocycles. The number of fused-ring (bicyclic) bond motifs is 1. The zero-order chi connectivity index (χ0) is 72.7. The zero-order valence-electron chi connectivity index (χ0n) is 55.8. The van der Waals surface area contributed by atoms with E-state index < -0.39 is 116 Å². The summed E-state index contributed by atoms with van der Waals surface area (Å²) in [4.78, 5) is 170. The Labute approximate surface area is 593 Å². The molecule has 4 aromatic rings. The van der Waals surface area contributed by atoms with Crippen LogP contribution in [0.4, 0.5) is 4.79 Å². The highest BCUT2D eigenvalue weighted by molar-refractivity contribution is 14.1. The van der Waals surface area contributed by atoms with Crippen LogP contribution in [0.5, 0.6) is 0 Å². The Morgan fingerprint density at radius 1 is 0.540 bits per heavy atom. The number of benzene rings is 3. The number of aryl methyl sites for hydroxylation is 1. The van der Waals surface area contributed by atoms with Crippen molar-refractivity contribution in [1.82, 2.24) is 56.9 Å². The van der Waals surface area contributed by atoms with Crippen molar-refractivity contribution in [2.24, 2.45) is 11.8 Å². The summed E-state index contributed by atoms with van der Waals surface area (Å²) in [5.74, 6) is -9.07. The highest BCUT2D eigenvalue weighted by Crippen LogP contribution is 2.32. The molecule has 1 saturated heterocycles. The first-order valence-electron chi connectivity index (χ1n) is 33.7. The van der Waals surface area contributed by atoms with Crippen LogP contribution in [-0.2, 0) is 71.9 Å². The monoisotopic (exact) mass is 1530 g/mol. The average molecular weight is 1530 g/mol. The summed E-state index contributed by atoms with van der Waals surface area (Å²) in [6, 6.07) is 18.3. The molecule has 2 heterocycles. The maximum atomic E-state index is 14.2. The third kappa shape index (κ3) is 29.2. The summed E-state index contributed by atoms with van der Waals surface area (Å²) < 4.78 is 13.1. The van der Waals surface area contributed by atoms with Crippen molar-refractivity contribution < 1.29 is 92.6 Å². The molecule has 546 valence electrons. The zero-order valence-corrected chi connectivity index (χ0v) is 58.8. The van der Waals surface area contributed by atoms with Crippen molar-refractivity contribution >= 4 is 112 Å². The average Bonchev–Trinajstić information content (AvgIpc) is 0.868. The molecule has 30 nitrogen and oxygen atoms in total. The van der Waals surface area contributed by atoms with Gasteiger partial charge in [-0.2, -0.15) is 0 Å². The first kappa shape index (κ1) is 80.8. The van der Waals surface area contributed by atoms with Crippen LogP contribution in [0.3, 0.4) is 0 Å². The van der Waals surface area contributed by atoms with E-state index in [4.69, 9.17) is 5.11 Å². The number of carbonyl (C=O) groups is 11. The fourth-order valence-corrected chi connectivity index (χ4v) is 13.0. The number of pyridine rings is 1. The summed E-state index contributed by atoms with van der Waals surface area (Å²) >= 11 is 2.23. The second-order valence-electron chi connectivity index (χ2n) is 25.4. The highest BCUT2D eigenvalue weighted by Gasteiger charge is 2.34. The van der Waals surface area contributed by atoms with E-state index in [1.54, 1.807) is 15.9 Å². The van der Waals surface area contributed by atoms with Crippen molar-refractivity contribution in [2.45, 2.75) is 152 Å². The molecule has 1 aliphatic heterocycles. The minimum absolute atomic E-state index is 0.0699. The SMILES string of the molecule is O=C(O)CC[C@H](NC(=O)N[C@@H](CCCCNC(=O)[C@@H](Cc1ccc2ccccc2c1)NC(=O)[C@H]1CC[C@H](CNC(=O)C(CCCCNC(=O)CCCc2ccc(I)cc2)NC(=O)CCC(C(=O)O)N2CCN(CC(=O)O)CCN(Cc3cccc(P(=O)(O)O)n3)CC2)CC1)C(=O)O)C(=O)O. The number of rotatable bonds is 40. The standard InChI is InChI=1S/C68H93IN11O19P/c69-50-25-20-44(21-26-50)9-7-15-57(81)70-31-5-3-13-52(74-58(82)29-28-56(67(94)95)80-37-35-78(33-34-79(36-38-80)43-61(85)86)42-51-12-8-16-59(73-51)100(97,98)99)63(88)72-41-45-17-23-48(24-18-45)62(87)75-55(40-46-19-22-47-10-1-2-11-49(47)39-46)64(89)71-32-6-4-14-53(65(90)91)76-68(96)77-54(66(92)93)27-30-60(83)84/h1-2,8,10-12,16,19-22,25-26,39,45,48,52-56H,3-7,9,13-15,17-18,23-24,27-38,40-43H2,(H,70,81)(H,71,89)(H,72,88)(H,74,82)(H,75,87)(H,83,84)(H,85,86)(H,90,91)(H,92,93)(H,94,95)(H2,76,77,96)(H2,97,98,99)/t45-,48-,52?,53-,54-,55+,56?/m0/s1. The van der Waals surface area contributed by atoms with Gasteiger partial charge in [0.2, 0.25) is 29.5 Å². The fourth-order valence-electron chi connectivity index (χ4n) is 12.1. The van der Waals surface area contributed by atoms with E-state index in [-0.39, 0.29) is 122 Å². The van der Waals surface area contributed by atoms with Gasteiger partial charge in [0.25, 0.3) is 0 Å². The Hall–Kier alpha value is -8.20. The molecule has 1 aliphatic carbocycles. The van der Waals surface area contributed by atoms with E-state index in [9.17, 15) is 87.5 Å². The summed E-state index contributed by atoms with van der Waals surface area (Å²) in [6.45, 7) is 1.73. The van der Waals surface area contributed by atoms with Gasteiger partial charge >= 0.3 is 43.5 Å². The summed E-state index contributed by atoms with van der Waals surface area (Å²) in [5, 5.41) is 69.2. The predicted molar refractivity (Wildman–Crippen MR) is 375 cm³/mol. The molecule has 2 aliphatic rings. The van der Waals surface area contributed by atoms with Crippen molar-refractivity contribution in [1.29, 1.82) is 0 Å². The van der Waals surface area contributed by atoms with Crippen LogP contribution in [-0.4, -0.2) is 216 Å². The Balaban J connectivity index is 1.05. The van der Waals surface area contributed by atoms with Gasteiger partial charge in [-0.05, 0) is 165 Å². The maximum Gasteiger partial charge on any atom is 0.374 e. The van der Waals surface area contributed by atoms with Crippen LogP contribution < -0.4 is 42.7 Å². The molecule has 0 radical (unpaired) electrons. The topological polar surface area (TPSA) is 453 Å². The van der Waals surface area contributed by atoms with Gasteiger partial charge in [0.1, 0.15) is 30.2 Å². The fraction of sp³-hybridized carbons (Fsp3) is 0.529. The molecule has 2 fully saturated rings. The summed E-state index contributed by atoms with van der Waals surface area (Å²) in [6.07, 6.45) is 3.72. The summed E-state index contributed by atoms with van der Waals surface area (Å²) in [5.41, 5.74) is 1.83. The van der Waals surface area contributed by atoms with E-state index in [0.717, 1.165) is 31.9 Å². The predicted octanol–water partition coefficient (Wildman–Crippen LogP) is 3.18. The van der Waals surface area contributed by atoms with Crippen LogP contribution in [0.25, 0.3) is 10.8 Å². The van der Waals surface area contributed by atoms with Gasteiger partial charge in [0.15, 0.2) is 5.44 Å². The maximum absolute atomic E-state index is 14.2. The Bertz CT molecular complexity index is 3490. The Morgan fingerprint density at radius 3 is 1.80 bits per heavy atom. The first-order valence-corrected chi connectivity index (χ1v) is 36.4. The van der Waals surface area contributed by atoms with Crippen molar-refractivity contribution in [3.63, 3.8) is 0 Å². The largest absolute Gasteiger partial charge is 0.481 e. The third-order valence-corrected chi connectivity index (χ3v) is 19.3. The lowest BCUT2D eigenvalue weighted by Gasteiger charge is -2.31. The number of hydrogen-bond acceptors (Lipinski definition) is 16. The van der Waals surface area contributed by atoms with Crippen LogP contribution >= 0.6 is 30.2 Å². The van der Waals surface area contributed by atoms with Crippen molar-refractivity contribution in [3.05, 3.63) is 105 Å². The number of hydrogen-bond donors (Lipinski definition) is 14. The molecule has 7 amide bonds. The number of carbonyl (C=O) groups excluding carboxylic acids is 6. The lowest BCUT2D eigenvalue weighted by atomic mass is 9.81. The molecular formula is C68H93IN11O19P. The van der Waals surface area contributed by atoms with Gasteiger partial charge in [-0.1, -0.05) is 60.7 Å². The van der Waals surface area contributed by atoms with Gasteiger partial charge < -0.3 is 72.5 Å². The molecule has 6 rings (SSSR count). The van der Waals surface area contributed by atoms with E-state index in [1.165, 1.54) is 12.1 Å². The summed E-state index contributed by atoms with van der Waals surface area (Å²) in [7, 11) is -4.67. The second kappa shape index (κ2) is 41.5. The molecule has 3 aromatic carbocycles. The lowest BCUT2D eigenvalue weighted by molar-refractivity contribution is -0.145.